The minimum Gasteiger partial charge on any atom is -0.452 e. The molecule has 3 heterocycles. The number of aromatic nitrogens is 3. The first kappa shape index (κ1) is 18.1. The van der Waals surface area contributed by atoms with Gasteiger partial charge in [0.25, 0.3) is 0 Å². The van der Waals surface area contributed by atoms with Crippen LogP contribution in [0, 0.1) is 5.92 Å². The number of esters is 1. The average molecular weight is 374 g/mol. The highest BCUT2D eigenvalue weighted by Crippen LogP contribution is 2.29. The molecule has 28 heavy (non-hydrogen) atoms. The molecule has 0 spiro atoms. The Kier molecular flexibility index (Phi) is 5.56. The summed E-state index contributed by atoms with van der Waals surface area (Å²) in [6.45, 7) is 1.42. The Morgan fingerprint density at radius 2 is 1.68 bits per heavy atom. The molecule has 0 aliphatic carbocycles. The van der Waals surface area contributed by atoms with Crippen LogP contribution in [0.15, 0.2) is 73.3 Å². The molecule has 142 valence electrons. The van der Waals surface area contributed by atoms with E-state index >= 15 is 0 Å². The van der Waals surface area contributed by atoms with E-state index < -0.39 is 6.10 Å². The van der Waals surface area contributed by atoms with Crippen molar-refractivity contribution in [2.45, 2.75) is 18.9 Å². The molecule has 0 radical (unpaired) electrons. The van der Waals surface area contributed by atoms with Gasteiger partial charge < -0.3 is 9.64 Å². The topological polar surface area (TPSA) is 68.2 Å². The molecule has 2 aromatic heterocycles. The fourth-order valence-corrected chi connectivity index (χ4v) is 3.51. The van der Waals surface area contributed by atoms with Crippen LogP contribution < -0.4 is 4.90 Å². The molecule has 1 saturated heterocycles. The lowest BCUT2D eigenvalue weighted by Crippen LogP contribution is -2.40. The minimum atomic E-state index is -0.444. The van der Waals surface area contributed by atoms with Gasteiger partial charge in [0, 0.05) is 43.4 Å². The molecule has 0 saturated carbocycles. The first-order valence-corrected chi connectivity index (χ1v) is 9.48. The fraction of sp³-hybridized carbons (Fsp3) is 0.273. The van der Waals surface area contributed by atoms with Crippen LogP contribution in [-0.2, 0) is 9.53 Å². The first-order chi connectivity index (χ1) is 13.8. The molecule has 0 unspecified atom stereocenters. The summed E-state index contributed by atoms with van der Waals surface area (Å²) in [5, 5.41) is 0. The highest BCUT2D eigenvalue weighted by Gasteiger charge is 2.30. The van der Waals surface area contributed by atoms with E-state index in [1.54, 1.807) is 30.9 Å². The summed E-state index contributed by atoms with van der Waals surface area (Å²) in [6, 6.07) is 15.4. The lowest BCUT2D eigenvalue weighted by molar-refractivity contribution is -0.152. The Bertz CT molecular complexity index is 851. The van der Waals surface area contributed by atoms with Gasteiger partial charge in [0.15, 0.2) is 6.10 Å². The van der Waals surface area contributed by atoms with Crippen LogP contribution in [-0.4, -0.2) is 34.0 Å². The lowest BCUT2D eigenvalue weighted by Gasteiger charge is -2.32. The molecular formula is C22H22N4O2. The van der Waals surface area contributed by atoms with Gasteiger partial charge in [-0.25, -0.2) is 9.97 Å². The summed E-state index contributed by atoms with van der Waals surface area (Å²) in [6.07, 6.45) is 8.14. The Morgan fingerprint density at radius 1 is 0.964 bits per heavy atom. The highest BCUT2D eigenvalue weighted by atomic mass is 16.5. The number of nitrogens with zero attached hydrogens (tertiary/aromatic N) is 4. The van der Waals surface area contributed by atoms with Crippen molar-refractivity contribution in [3.8, 4) is 0 Å². The number of ether oxygens (including phenoxy) is 1. The largest absolute Gasteiger partial charge is 0.452 e. The van der Waals surface area contributed by atoms with Crippen molar-refractivity contribution in [3.05, 3.63) is 84.4 Å². The van der Waals surface area contributed by atoms with Gasteiger partial charge in [-0.3, -0.25) is 9.78 Å². The molecule has 6 heteroatoms. The van der Waals surface area contributed by atoms with E-state index in [1.807, 2.05) is 42.5 Å². The Balaban J connectivity index is 1.51. The molecule has 0 amide bonds. The van der Waals surface area contributed by atoms with Crippen molar-refractivity contribution in [2.24, 2.45) is 5.92 Å². The fourth-order valence-electron chi connectivity index (χ4n) is 3.51. The molecule has 1 aromatic carbocycles. The van der Waals surface area contributed by atoms with E-state index in [0.717, 1.165) is 30.5 Å². The zero-order chi connectivity index (χ0) is 19.2. The van der Waals surface area contributed by atoms with Gasteiger partial charge >= 0.3 is 5.97 Å². The van der Waals surface area contributed by atoms with E-state index in [0.29, 0.717) is 12.5 Å². The van der Waals surface area contributed by atoms with Gasteiger partial charge in [-0.1, -0.05) is 30.3 Å². The summed E-state index contributed by atoms with van der Waals surface area (Å²) in [4.78, 5) is 27.8. The zero-order valence-electron chi connectivity index (χ0n) is 15.5. The first-order valence-electron chi connectivity index (χ1n) is 9.48. The van der Waals surface area contributed by atoms with Crippen molar-refractivity contribution in [2.75, 3.05) is 18.0 Å². The Morgan fingerprint density at radius 3 is 2.43 bits per heavy atom. The van der Waals surface area contributed by atoms with Crippen molar-refractivity contribution in [1.82, 2.24) is 15.0 Å². The van der Waals surface area contributed by atoms with Gasteiger partial charge in [-0.2, -0.15) is 0 Å². The third-order valence-electron chi connectivity index (χ3n) is 4.93. The monoisotopic (exact) mass is 374 g/mol. The molecule has 4 rings (SSSR count). The maximum absolute atomic E-state index is 13.0. The smallest absolute Gasteiger partial charge is 0.311 e. The number of carbonyl (C=O) groups is 1. The number of carbonyl (C=O) groups excluding carboxylic acids is 1. The second-order valence-electron chi connectivity index (χ2n) is 6.84. The molecule has 0 N–H and O–H groups in total. The Labute approximate surface area is 164 Å². The van der Waals surface area contributed by atoms with Gasteiger partial charge in [-0.15, -0.1) is 0 Å². The number of anilines is 1. The maximum Gasteiger partial charge on any atom is 0.311 e. The molecule has 3 aromatic rings. The van der Waals surface area contributed by atoms with Gasteiger partial charge in [0.05, 0.1) is 5.92 Å². The summed E-state index contributed by atoms with van der Waals surface area (Å²) in [5.74, 6) is 0.269. The highest BCUT2D eigenvalue weighted by molar-refractivity contribution is 5.74. The van der Waals surface area contributed by atoms with Crippen LogP contribution in [0.3, 0.4) is 0 Å². The molecule has 2 atom stereocenters. The van der Waals surface area contributed by atoms with Crippen molar-refractivity contribution in [3.63, 3.8) is 0 Å². The van der Waals surface area contributed by atoms with Crippen molar-refractivity contribution < 1.29 is 9.53 Å². The second-order valence-corrected chi connectivity index (χ2v) is 6.84. The quantitative estimate of drug-likeness (QED) is 0.638. The van der Waals surface area contributed by atoms with Crippen LogP contribution in [0.4, 0.5) is 5.95 Å². The standard InChI is InChI=1S/C22H22N4O2/c27-21(19-8-4-15-26(16-19)22-24-11-5-12-25-22)28-20(17-6-2-1-3-7-17)18-9-13-23-14-10-18/h1-3,5-7,9-14,19-20H,4,8,15-16H2/t19-,20-/m1/s1. The number of hydrogen-bond donors (Lipinski definition) is 0. The SMILES string of the molecule is O=C(O[C@H](c1ccccc1)c1ccncc1)[C@@H]1CCCN(c2ncccn2)C1. The predicted molar refractivity (Wildman–Crippen MR) is 106 cm³/mol. The summed E-state index contributed by atoms with van der Waals surface area (Å²) >= 11 is 0. The van der Waals surface area contributed by atoms with Gasteiger partial charge in [0.2, 0.25) is 5.95 Å². The van der Waals surface area contributed by atoms with E-state index in [2.05, 4.69) is 19.9 Å². The molecule has 0 bridgehead atoms. The average Bonchev–Trinajstić information content (AvgIpc) is 2.79. The van der Waals surface area contributed by atoms with E-state index in [4.69, 9.17) is 4.74 Å². The van der Waals surface area contributed by atoms with Crippen LogP contribution in [0.5, 0.6) is 0 Å². The van der Waals surface area contributed by atoms with Crippen LogP contribution >= 0.6 is 0 Å². The van der Waals surface area contributed by atoms with E-state index in [-0.39, 0.29) is 11.9 Å². The van der Waals surface area contributed by atoms with Gasteiger partial charge in [0.1, 0.15) is 0 Å². The van der Waals surface area contributed by atoms with E-state index in [9.17, 15) is 4.79 Å². The lowest BCUT2D eigenvalue weighted by atomic mass is 9.97. The summed E-state index contributed by atoms with van der Waals surface area (Å²) in [5.41, 5.74) is 1.86. The minimum absolute atomic E-state index is 0.189. The zero-order valence-corrected chi connectivity index (χ0v) is 15.5. The number of piperidine rings is 1. The molecule has 1 aliphatic heterocycles. The predicted octanol–water partition coefficient (Wildman–Crippen LogP) is 3.42. The third kappa shape index (κ3) is 4.17. The normalized spacial score (nSPS) is 17.7. The van der Waals surface area contributed by atoms with Crippen molar-refractivity contribution >= 4 is 11.9 Å². The summed E-state index contributed by atoms with van der Waals surface area (Å²) < 4.78 is 6.01. The second kappa shape index (κ2) is 8.61. The van der Waals surface area contributed by atoms with Crippen LogP contribution in [0.25, 0.3) is 0 Å². The van der Waals surface area contributed by atoms with Crippen LogP contribution in [0.1, 0.15) is 30.1 Å². The van der Waals surface area contributed by atoms with Crippen LogP contribution in [0.2, 0.25) is 0 Å². The third-order valence-corrected chi connectivity index (χ3v) is 4.93. The Hall–Kier alpha value is -3.28. The molecule has 1 fully saturated rings. The van der Waals surface area contributed by atoms with E-state index in [1.165, 1.54) is 0 Å². The van der Waals surface area contributed by atoms with Gasteiger partial charge in [-0.05, 0) is 36.6 Å². The number of rotatable bonds is 5. The molecule has 6 nitrogen and oxygen atoms in total. The number of benzene rings is 1. The summed E-state index contributed by atoms with van der Waals surface area (Å²) in [7, 11) is 0. The molecule has 1 aliphatic rings. The number of pyridine rings is 1. The maximum atomic E-state index is 13.0. The van der Waals surface area contributed by atoms with Crippen molar-refractivity contribution in [1.29, 1.82) is 0 Å². The number of hydrogen-bond acceptors (Lipinski definition) is 6. The molecular weight excluding hydrogens is 352 g/mol.